The van der Waals surface area contributed by atoms with Crippen molar-refractivity contribution in [3.63, 3.8) is 0 Å². The maximum absolute atomic E-state index is 15.4. The molecule has 4 aromatic rings. The fourth-order valence-corrected chi connectivity index (χ4v) is 9.52. The van der Waals surface area contributed by atoms with Crippen molar-refractivity contribution in [2.75, 3.05) is 19.1 Å². The molecule has 4 aliphatic rings. The largest absolute Gasteiger partial charge is 0.507 e. The Morgan fingerprint density at radius 3 is 2.40 bits per heavy atom. The molecule has 50 heavy (non-hydrogen) atoms. The van der Waals surface area contributed by atoms with Gasteiger partial charge in [-0.1, -0.05) is 83.4 Å². The third-order valence-corrected chi connectivity index (χ3v) is 11.8. The summed E-state index contributed by atoms with van der Waals surface area (Å²) in [5.41, 5.74) is 3.49. The van der Waals surface area contributed by atoms with Crippen LogP contribution < -0.4 is 10.2 Å². The summed E-state index contributed by atoms with van der Waals surface area (Å²) in [5, 5.41) is 15.1. The number of hydrogen-bond donors (Lipinski definition) is 2. The number of aromatic hydroxyl groups is 1. The van der Waals surface area contributed by atoms with E-state index < -0.39 is 46.8 Å². The van der Waals surface area contributed by atoms with Gasteiger partial charge in [0, 0.05) is 28.4 Å². The van der Waals surface area contributed by atoms with Crippen molar-refractivity contribution in [2.24, 2.45) is 23.7 Å². The van der Waals surface area contributed by atoms with E-state index in [0.717, 1.165) is 16.0 Å². The second-order valence-corrected chi connectivity index (χ2v) is 14.2. The number of anilines is 1. The molecule has 2 saturated heterocycles. The predicted molar refractivity (Wildman–Crippen MR) is 189 cm³/mol. The molecule has 8 rings (SSSR count). The van der Waals surface area contributed by atoms with E-state index in [4.69, 9.17) is 27.9 Å². The van der Waals surface area contributed by atoms with Crippen molar-refractivity contribution < 1.29 is 29.0 Å². The first-order valence-corrected chi connectivity index (χ1v) is 17.4. The standard InChI is InChI=1S/C39H33Cl2N3O6/c1-3-43-35(46)26-16-15-25-28(32(26)37(43)48)19-29-36(47)44(42-31-17-11-22(40)18-30(31)41)38(49)39(29,21-9-12-23(50-2)13-10-21)33(25)27-14-8-20-6-4-5-7-24(20)34(27)45/h4-15,17-18,26,28-29,32-33,42,45H,3,16,19H2,1-2H3. The average Bonchev–Trinajstić information content (AvgIpc) is 3.50. The second-order valence-electron chi connectivity index (χ2n) is 13.4. The number of carbonyl (C=O) groups is 4. The smallest absolute Gasteiger partial charge is 0.260 e. The quantitative estimate of drug-likeness (QED) is 0.166. The number of rotatable bonds is 6. The van der Waals surface area contributed by atoms with E-state index in [1.807, 2.05) is 42.5 Å². The number of hydrazine groups is 1. The van der Waals surface area contributed by atoms with Gasteiger partial charge in [0.15, 0.2) is 0 Å². The number of nitrogens with zero attached hydrogens (tertiary/aromatic N) is 2. The number of nitrogens with one attached hydrogen (secondary N) is 1. The van der Waals surface area contributed by atoms with Gasteiger partial charge in [0.2, 0.25) is 11.8 Å². The Morgan fingerprint density at radius 1 is 0.920 bits per heavy atom. The van der Waals surface area contributed by atoms with Crippen LogP contribution in [-0.2, 0) is 24.6 Å². The Hall–Kier alpha value is -4.86. The lowest BCUT2D eigenvalue weighted by Gasteiger charge is -2.50. The molecule has 4 amide bonds. The lowest BCUT2D eigenvalue weighted by Crippen LogP contribution is -2.53. The third-order valence-electron chi connectivity index (χ3n) is 11.2. The maximum Gasteiger partial charge on any atom is 0.260 e. The van der Waals surface area contributed by atoms with Crippen LogP contribution in [0.5, 0.6) is 11.5 Å². The Labute approximate surface area is 298 Å². The molecule has 254 valence electrons. The zero-order valence-electron chi connectivity index (χ0n) is 27.2. The predicted octanol–water partition coefficient (Wildman–Crippen LogP) is 6.87. The maximum atomic E-state index is 15.4. The van der Waals surface area contributed by atoms with E-state index in [2.05, 4.69) is 5.43 Å². The molecule has 4 aromatic carbocycles. The van der Waals surface area contributed by atoms with Gasteiger partial charge in [-0.15, -0.1) is 0 Å². The number of methoxy groups -OCH3 is 1. The van der Waals surface area contributed by atoms with E-state index in [1.165, 1.54) is 11.0 Å². The third kappa shape index (κ3) is 4.45. The van der Waals surface area contributed by atoms with Crippen LogP contribution in [0.4, 0.5) is 5.69 Å². The normalized spacial score (nSPS) is 27.3. The minimum Gasteiger partial charge on any atom is -0.507 e. The highest BCUT2D eigenvalue weighted by molar-refractivity contribution is 6.36. The highest BCUT2D eigenvalue weighted by atomic mass is 35.5. The van der Waals surface area contributed by atoms with E-state index >= 15 is 4.79 Å². The Morgan fingerprint density at radius 2 is 1.68 bits per heavy atom. The van der Waals surface area contributed by atoms with Crippen LogP contribution in [-0.4, -0.2) is 52.3 Å². The zero-order valence-corrected chi connectivity index (χ0v) is 28.7. The fraction of sp³-hybridized carbons (Fsp3) is 0.282. The number of carbonyl (C=O) groups excluding carboxylic acids is 4. The van der Waals surface area contributed by atoms with Gasteiger partial charge in [-0.3, -0.25) is 29.5 Å². The second kappa shape index (κ2) is 11.9. The minimum absolute atomic E-state index is 0.0141. The number of benzene rings is 4. The van der Waals surface area contributed by atoms with E-state index in [1.54, 1.807) is 50.4 Å². The number of phenols is 1. The van der Waals surface area contributed by atoms with Crippen LogP contribution in [0.2, 0.25) is 10.0 Å². The molecule has 2 aliphatic carbocycles. The molecule has 0 radical (unpaired) electrons. The van der Waals surface area contributed by atoms with Crippen LogP contribution in [0, 0.1) is 23.7 Å². The molecule has 6 atom stereocenters. The molecule has 2 N–H and O–H groups in total. The average molecular weight is 711 g/mol. The summed E-state index contributed by atoms with van der Waals surface area (Å²) in [4.78, 5) is 59.0. The van der Waals surface area contributed by atoms with Gasteiger partial charge < -0.3 is 9.84 Å². The molecular weight excluding hydrogens is 677 g/mol. The first-order chi connectivity index (χ1) is 24.1. The van der Waals surface area contributed by atoms with E-state index in [9.17, 15) is 19.5 Å². The van der Waals surface area contributed by atoms with Crippen molar-refractivity contribution >= 4 is 63.3 Å². The van der Waals surface area contributed by atoms with Crippen LogP contribution >= 0.6 is 23.2 Å². The van der Waals surface area contributed by atoms with Crippen molar-refractivity contribution in [3.05, 3.63) is 112 Å². The van der Waals surface area contributed by atoms with Crippen molar-refractivity contribution in [3.8, 4) is 11.5 Å². The molecule has 2 aliphatic heterocycles. The molecule has 0 bridgehead atoms. The van der Waals surface area contributed by atoms with Crippen LogP contribution in [0.15, 0.2) is 90.5 Å². The summed E-state index contributed by atoms with van der Waals surface area (Å²) in [6.45, 7) is 2.02. The molecule has 2 heterocycles. The van der Waals surface area contributed by atoms with Crippen LogP contribution in [0.25, 0.3) is 10.8 Å². The molecule has 6 unspecified atom stereocenters. The number of ether oxygens (including phenoxy) is 1. The molecule has 0 spiro atoms. The lowest BCUT2D eigenvalue weighted by atomic mass is 9.49. The molecule has 3 fully saturated rings. The minimum atomic E-state index is -1.57. The number of likely N-dealkylation sites (tertiary alicyclic amines) is 1. The number of hydrogen-bond acceptors (Lipinski definition) is 7. The van der Waals surface area contributed by atoms with Gasteiger partial charge >= 0.3 is 0 Å². The SMILES string of the molecule is CCN1C(=O)C2CC=C3C(CC4C(=O)N(Nc5ccc(Cl)cc5Cl)C(=O)C4(c4ccc(OC)cc4)C3c3ccc4ccccc4c3O)C2C1=O. The number of phenolic OH excluding ortho intramolecular Hbond substituents is 1. The highest BCUT2D eigenvalue weighted by Gasteiger charge is 2.70. The summed E-state index contributed by atoms with van der Waals surface area (Å²) < 4.78 is 5.47. The van der Waals surface area contributed by atoms with Gasteiger partial charge in [0.1, 0.15) is 11.5 Å². The Balaban J connectivity index is 1.40. The lowest BCUT2D eigenvalue weighted by molar-refractivity contribution is -0.141. The Bertz CT molecular complexity index is 2150. The Kier molecular flexibility index (Phi) is 7.69. The van der Waals surface area contributed by atoms with Crippen molar-refractivity contribution in [1.82, 2.24) is 9.91 Å². The van der Waals surface area contributed by atoms with Gasteiger partial charge in [0.25, 0.3) is 11.8 Å². The summed E-state index contributed by atoms with van der Waals surface area (Å²) in [7, 11) is 1.55. The number of fused-ring (bicyclic) bond motifs is 5. The van der Waals surface area contributed by atoms with Gasteiger partial charge in [0.05, 0.1) is 41.0 Å². The van der Waals surface area contributed by atoms with E-state index in [0.29, 0.717) is 39.4 Å². The summed E-state index contributed by atoms with van der Waals surface area (Å²) in [6, 6.07) is 22.9. The summed E-state index contributed by atoms with van der Waals surface area (Å²) in [5.74, 6) is -4.65. The zero-order chi connectivity index (χ0) is 35.1. The van der Waals surface area contributed by atoms with Gasteiger partial charge in [-0.05, 0) is 67.0 Å². The molecule has 0 aromatic heterocycles. The fourth-order valence-electron chi connectivity index (χ4n) is 9.07. The number of amides is 4. The first-order valence-electron chi connectivity index (χ1n) is 16.6. The first kappa shape index (κ1) is 32.4. The van der Waals surface area contributed by atoms with Crippen molar-refractivity contribution in [1.29, 1.82) is 0 Å². The summed E-state index contributed by atoms with van der Waals surface area (Å²) >= 11 is 12.7. The highest BCUT2D eigenvalue weighted by Crippen LogP contribution is 2.65. The van der Waals surface area contributed by atoms with Gasteiger partial charge in [-0.2, -0.15) is 5.01 Å². The van der Waals surface area contributed by atoms with Crippen LogP contribution in [0.3, 0.4) is 0 Å². The molecular formula is C39H33Cl2N3O6. The number of imide groups is 2. The topological polar surface area (TPSA) is 116 Å². The van der Waals surface area contributed by atoms with E-state index in [-0.39, 0.29) is 35.6 Å². The number of allylic oxidation sites excluding steroid dienone is 2. The molecule has 9 nitrogen and oxygen atoms in total. The summed E-state index contributed by atoms with van der Waals surface area (Å²) in [6.07, 6.45) is 2.41. The van der Waals surface area contributed by atoms with Gasteiger partial charge in [-0.25, -0.2) is 0 Å². The van der Waals surface area contributed by atoms with Crippen LogP contribution in [0.1, 0.15) is 36.8 Å². The monoisotopic (exact) mass is 709 g/mol. The van der Waals surface area contributed by atoms with Crippen molar-refractivity contribution in [2.45, 2.75) is 31.1 Å². The molecule has 1 saturated carbocycles. The number of halogens is 2. The molecule has 11 heteroatoms.